The highest BCUT2D eigenvalue weighted by Crippen LogP contribution is 2.46. The van der Waals surface area contributed by atoms with E-state index in [1.54, 1.807) is 18.3 Å². The number of rotatable bonds is 8. The summed E-state index contributed by atoms with van der Waals surface area (Å²) in [6.07, 6.45) is 8.10. The molecule has 0 amide bonds. The Balaban J connectivity index is 1.47. The second-order valence-electron chi connectivity index (χ2n) is 12.2. The number of aromatic nitrogens is 1. The molecule has 0 saturated heterocycles. The van der Waals surface area contributed by atoms with Gasteiger partial charge in [0.2, 0.25) is 0 Å². The number of pyridine rings is 1. The van der Waals surface area contributed by atoms with Crippen molar-refractivity contribution in [2.45, 2.75) is 63.9 Å². The summed E-state index contributed by atoms with van der Waals surface area (Å²) < 4.78 is 13.9. The number of benzene rings is 2. The molecule has 2 fully saturated rings. The highest BCUT2D eigenvalue weighted by molar-refractivity contribution is 6.19. The molecule has 39 heavy (non-hydrogen) atoms. The Labute approximate surface area is 230 Å². The fourth-order valence-corrected chi connectivity index (χ4v) is 5.05. The number of hydrogen-bond acceptors (Lipinski definition) is 7. The first kappa shape index (κ1) is 25.5. The Morgan fingerprint density at radius 1 is 1.15 bits per heavy atom. The second kappa shape index (κ2) is 9.46. The van der Waals surface area contributed by atoms with Crippen molar-refractivity contribution in [2.75, 3.05) is 17.2 Å². The fourth-order valence-electron chi connectivity index (χ4n) is 5.05. The van der Waals surface area contributed by atoms with E-state index < -0.39 is 5.44 Å². The molecule has 3 aromatic rings. The molecule has 7 nitrogen and oxygen atoms in total. The van der Waals surface area contributed by atoms with Crippen molar-refractivity contribution in [3.63, 3.8) is 0 Å². The van der Waals surface area contributed by atoms with Crippen LogP contribution < -0.4 is 21.6 Å². The maximum Gasteiger partial charge on any atom is 0.123 e. The van der Waals surface area contributed by atoms with Crippen molar-refractivity contribution in [3.05, 3.63) is 77.0 Å². The van der Waals surface area contributed by atoms with Crippen LogP contribution in [0.3, 0.4) is 0 Å². The van der Waals surface area contributed by atoms with Crippen molar-refractivity contribution in [1.82, 2.24) is 21.0 Å². The van der Waals surface area contributed by atoms with Gasteiger partial charge in [0.1, 0.15) is 19.7 Å². The first-order chi connectivity index (χ1) is 18.6. The first-order valence-corrected chi connectivity index (χ1v) is 13.6. The number of nitrogens with one attached hydrogen (secondary N) is 4. The number of halogens is 1. The summed E-state index contributed by atoms with van der Waals surface area (Å²) in [6.45, 7) is 7.17. The standard InChI is InChI=1S/C30H33BFN7/c1-29(2,3)17-35-27-19(14-33)15-34-28-24(18-4-5-18)12-22(13-25(27)28)36-30(31,20-6-8-21(32)9-7-20)26-16-39(38-37-26)23-10-11-23/h6-9,12-13,15-16,18,23,36-38H,4-5,10-11,17H2,1-3H3,(H,34,35). The lowest BCUT2D eigenvalue weighted by molar-refractivity contribution is 0.260. The van der Waals surface area contributed by atoms with Crippen LogP contribution in [0.15, 0.2) is 54.5 Å². The minimum atomic E-state index is -1.18. The normalized spacial score (nSPS) is 18.7. The molecule has 198 valence electrons. The number of anilines is 2. The Bertz CT molecular complexity index is 1480. The molecule has 0 bridgehead atoms. The molecule has 2 heterocycles. The lowest BCUT2D eigenvalue weighted by Crippen LogP contribution is -2.45. The lowest BCUT2D eigenvalue weighted by Gasteiger charge is -2.34. The molecule has 3 aliphatic rings. The van der Waals surface area contributed by atoms with Gasteiger partial charge in [0.25, 0.3) is 0 Å². The number of nitriles is 1. The molecular formula is C30H33BFN7. The molecule has 6 rings (SSSR count). The monoisotopic (exact) mass is 521 g/mol. The largest absolute Gasteiger partial charge is 0.383 e. The predicted octanol–water partition coefficient (Wildman–Crippen LogP) is 5.34. The van der Waals surface area contributed by atoms with Gasteiger partial charge in [-0.1, -0.05) is 32.9 Å². The molecule has 2 aromatic carbocycles. The zero-order valence-corrected chi connectivity index (χ0v) is 22.6. The van der Waals surface area contributed by atoms with Gasteiger partial charge in [-0.25, -0.2) is 4.39 Å². The van der Waals surface area contributed by atoms with Crippen LogP contribution in [0.1, 0.15) is 69.1 Å². The zero-order chi connectivity index (χ0) is 27.4. The first-order valence-electron chi connectivity index (χ1n) is 13.6. The topological polar surface area (TPSA) is 88.0 Å². The van der Waals surface area contributed by atoms with Crippen LogP contribution in [0.5, 0.6) is 0 Å². The van der Waals surface area contributed by atoms with Gasteiger partial charge in [-0.3, -0.25) is 9.99 Å². The zero-order valence-electron chi connectivity index (χ0n) is 22.6. The summed E-state index contributed by atoms with van der Waals surface area (Å²) in [4.78, 5) is 4.73. The van der Waals surface area contributed by atoms with Gasteiger partial charge in [0, 0.05) is 36.1 Å². The van der Waals surface area contributed by atoms with E-state index in [0.29, 0.717) is 29.6 Å². The van der Waals surface area contributed by atoms with Crippen molar-refractivity contribution in [3.8, 4) is 6.07 Å². The van der Waals surface area contributed by atoms with Crippen LogP contribution in [0.2, 0.25) is 0 Å². The van der Waals surface area contributed by atoms with Crippen molar-refractivity contribution >= 4 is 30.1 Å². The quantitative estimate of drug-likeness (QED) is 0.298. The molecule has 4 N–H and O–H groups in total. The van der Waals surface area contributed by atoms with Crippen molar-refractivity contribution in [2.24, 2.45) is 5.41 Å². The van der Waals surface area contributed by atoms with Crippen LogP contribution in [0.25, 0.3) is 10.9 Å². The van der Waals surface area contributed by atoms with Crippen LogP contribution >= 0.6 is 0 Å². The SMILES string of the molecule is [B]C(Nc1cc(C2CC2)c2ncc(C#N)c(NCC(C)(C)C)c2c1)(C1=CN(C2CC2)NN1)c1ccc(F)cc1. The number of hydrogen-bond donors (Lipinski definition) is 4. The third-order valence-corrected chi connectivity index (χ3v) is 7.53. The summed E-state index contributed by atoms with van der Waals surface area (Å²) in [7, 11) is 7.17. The summed E-state index contributed by atoms with van der Waals surface area (Å²) in [6, 6.07) is 13.2. The number of hydrazine groups is 2. The van der Waals surface area contributed by atoms with Crippen LogP contribution in [-0.4, -0.2) is 30.4 Å². The minimum Gasteiger partial charge on any atom is -0.383 e. The lowest BCUT2D eigenvalue weighted by atomic mass is 9.69. The maximum absolute atomic E-state index is 13.9. The average Bonchev–Trinajstić information content (AvgIpc) is 3.85. The number of nitrogens with zero attached hydrogens (tertiary/aromatic N) is 3. The molecule has 2 aliphatic carbocycles. The van der Waals surface area contributed by atoms with Crippen molar-refractivity contribution in [1.29, 1.82) is 5.26 Å². The summed E-state index contributed by atoms with van der Waals surface area (Å²) in [5.74, 6) is 0.0950. The van der Waals surface area contributed by atoms with Gasteiger partial charge in [-0.05, 0) is 72.4 Å². The van der Waals surface area contributed by atoms with E-state index in [1.807, 2.05) is 17.3 Å². The highest BCUT2D eigenvalue weighted by atomic mass is 19.1. The van der Waals surface area contributed by atoms with Crippen molar-refractivity contribution < 1.29 is 4.39 Å². The van der Waals surface area contributed by atoms with Gasteiger partial charge >= 0.3 is 0 Å². The third kappa shape index (κ3) is 5.13. The minimum absolute atomic E-state index is 0.0214. The third-order valence-electron chi connectivity index (χ3n) is 7.53. The molecule has 0 spiro atoms. The summed E-state index contributed by atoms with van der Waals surface area (Å²) >= 11 is 0. The molecule has 1 aliphatic heterocycles. The van der Waals surface area contributed by atoms with Crippen LogP contribution in [-0.2, 0) is 5.44 Å². The molecular weight excluding hydrogens is 488 g/mol. The Morgan fingerprint density at radius 2 is 1.90 bits per heavy atom. The van der Waals surface area contributed by atoms with Gasteiger partial charge < -0.3 is 16.1 Å². The molecule has 1 aromatic heterocycles. The Morgan fingerprint density at radius 3 is 2.54 bits per heavy atom. The second-order valence-corrected chi connectivity index (χ2v) is 12.2. The van der Waals surface area contributed by atoms with E-state index >= 15 is 0 Å². The van der Waals surface area contributed by atoms with E-state index in [-0.39, 0.29) is 11.2 Å². The molecule has 1 unspecified atom stereocenters. The van der Waals surface area contributed by atoms with Gasteiger partial charge in [-0.2, -0.15) is 5.26 Å². The summed E-state index contributed by atoms with van der Waals surface area (Å²) in [5.41, 5.74) is 10.9. The fraction of sp³-hybridized carbons (Fsp3) is 0.400. The smallest absolute Gasteiger partial charge is 0.123 e. The van der Waals surface area contributed by atoms with E-state index in [4.69, 9.17) is 12.8 Å². The average molecular weight is 521 g/mol. The van der Waals surface area contributed by atoms with Crippen LogP contribution in [0.4, 0.5) is 15.8 Å². The molecule has 9 heteroatoms. The van der Waals surface area contributed by atoms with Gasteiger partial charge in [0.05, 0.1) is 27.9 Å². The number of fused-ring (bicyclic) bond motifs is 1. The molecule has 2 saturated carbocycles. The van der Waals surface area contributed by atoms with Gasteiger partial charge in [-0.15, -0.1) is 5.53 Å². The van der Waals surface area contributed by atoms with E-state index in [2.05, 4.69) is 54.5 Å². The van der Waals surface area contributed by atoms with E-state index in [0.717, 1.165) is 59.2 Å². The van der Waals surface area contributed by atoms with E-state index in [1.165, 1.54) is 12.1 Å². The maximum atomic E-state index is 13.9. The van der Waals surface area contributed by atoms with E-state index in [9.17, 15) is 9.65 Å². The molecule has 2 radical (unpaired) electrons. The Kier molecular flexibility index (Phi) is 6.19. The molecule has 1 atom stereocenters. The summed E-state index contributed by atoms with van der Waals surface area (Å²) in [5, 5.41) is 20.0. The van der Waals surface area contributed by atoms with Crippen LogP contribution in [0, 0.1) is 22.6 Å². The highest BCUT2D eigenvalue weighted by Gasteiger charge is 2.38. The Hall–Kier alpha value is -3.77. The van der Waals surface area contributed by atoms with Gasteiger partial charge in [0.15, 0.2) is 0 Å². The predicted molar refractivity (Wildman–Crippen MR) is 153 cm³/mol.